The Balaban J connectivity index is 0.000000708. The third-order valence-corrected chi connectivity index (χ3v) is 4.65. The molecule has 2 aromatic carbocycles. The van der Waals surface area contributed by atoms with Crippen LogP contribution in [0.2, 0.25) is 0 Å². The minimum Gasteiger partial charge on any atom is -0.475 e. The number of hydrogen-bond donors (Lipinski definition) is 5. The molecule has 3 aromatic rings. The maximum atomic E-state index is 13.6. The molecule has 3 rings (SSSR count). The minimum absolute atomic E-state index is 0.0157. The normalized spacial score (nSPS) is 11.0. The summed E-state index contributed by atoms with van der Waals surface area (Å²) in [6, 6.07) is 10.7. The van der Waals surface area contributed by atoms with Gasteiger partial charge in [-0.05, 0) is 42.5 Å². The number of benzene rings is 2. The minimum atomic E-state index is -5.08. The number of nitrogens with zero attached hydrogens (tertiary/aromatic N) is 1. The molecule has 0 atom stereocenters. The van der Waals surface area contributed by atoms with E-state index in [1.54, 1.807) is 24.3 Å². The van der Waals surface area contributed by atoms with Gasteiger partial charge in [0, 0.05) is 37.6 Å². The van der Waals surface area contributed by atoms with E-state index in [1.807, 2.05) is 0 Å². The second-order valence-electron chi connectivity index (χ2n) is 7.69. The van der Waals surface area contributed by atoms with Crippen molar-refractivity contribution in [2.45, 2.75) is 19.3 Å². The smallest absolute Gasteiger partial charge is 0.475 e. The van der Waals surface area contributed by atoms with Gasteiger partial charge in [-0.25, -0.2) is 14.2 Å². The first kappa shape index (κ1) is 31.3. The predicted molar refractivity (Wildman–Crippen MR) is 130 cm³/mol. The molecule has 0 aliphatic heterocycles. The summed E-state index contributed by atoms with van der Waals surface area (Å²) in [6.07, 6.45) is -9.17. The summed E-state index contributed by atoms with van der Waals surface area (Å²) in [5.74, 6) is -4.30. The highest BCUT2D eigenvalue weighted by molar-refractivity contribution is 6.00. The van der Waals surface area contributed by atoms with Crippen LogP contribution in [0.1, 0.15) is 22.8 Å². The van der Waals surface area contributed by atoms with E-state index in [1.165, 1.54) is 20.0 Å². The Hall–Kier alpha value is -4.89. The molecular formula is C24H20F7N5O4. The van der Waals surface area contributed by atoms with Crippen LogP contribution in [0, 0.1) is 5.82 Å². The third-order valence-electron chi connectivity index (χ3n) is 4.65. The van der Waals surface area contributed by atoms with Gasteiger partial charge in [0.2, 0.25) is 5.91 Å². The lowest BCUT2D eigenvalue weighted by atomic mass is 10.1. The second kappa shape index (κ2) is 12.8. The average molecular weight is 575 g/mol. The highest BCUT2D eigenvalue weighted by Crippen LogP contribution is 2.37. The van der Waals surface area contributed by atoms with Crippen LogP contribution in [0.15, 0.2) is 54.7 Å². The number of rotatable bonds is 6. The van der Waals surface area contributed by atoms with Gasteiger partial charge in [-0.1, -0.05) is 0 Å². The first-order chi connectivity index (χ1) is 18.5. The fraction of sp³-hybridized carbons (Fsp3) is 0.167. The van der Waals surface area contributed by atoms with Crippen molar-refractivity contribution < 1.29 is 50.2 Å². The molecule has 0 aliphatic carbocycles. The molecule has 5 N–H and O–H groups in total. The molecule has 16 heteroatoms. The Morgan fingerprint density at radius 3 is 1.93 bits per heavy atom. The molecule has 1 aromatic heterocycles. The Bertz CT molecular complexity index is 1380. The summed E-state index contributed by atoms with van der Waals surface area (Å²) in [7, 11) is 1.32. The molecule has 40 heavy (non-hydrogen) atoms. The Kier molecular flexibility index (Phi) is 10.0. The topological polar surface area (TPSA) is 132 Å². The molecule has 0 spiro atoms. The average Bonchev–Trinajstić information content (AvgIpc) is 2.84. The molecule has 214 valence electrons. The number of carbonyl (C=O) groups is 3. The predicted octanol–water partition coefficient (Wildman–Crippen LogP) is 5.68. The van der Waals surface area contributed by atoms with Crippen LogP contribution >= 0.6 is 0 Å². The first-order valence-corrected chi connectivity index (χ1v) is 10.8. The number of aromatic nitrogens is 1. The van der Waals surface area contributed by atoms with Crippen molar-refractivity contribution in [3.8, 4) is 0 Å². The van der Waals surface area contributed by atoms with Crippen LogP contribution in [-0.4, -0.2) is 41.1 Å². The van der Waals surface area contributed by atoms with Crippen molar-refractivity contribution in [1.29, 1.82) is 0 Å². The second-order valence-corrected chi connectivity index (χ2v) is 7.69. The maximum Gasteiger partial charge on any atom is 0.490 e. The molecule has 0 saturated carbocycles. The first-order valence-electron chi connectivity index (χ1n) is 10.8. The molecule has 1 heterocycles. The summed E-state index contributed by atoms with van der Waals surface area (Å²) in [4.78, 5) is 35.9. The van der Waals surface area contributed by atoms with Crippen molar-refractivity contribution in [1.82, 2.24) is 10.3 Å². The molecule has 0 fully saturated rings. The summed E-state index contributed by atoms with van der Waals surface area (Å²) < 4.78 is 86.1. The molecule has 0 aliphatic rings. The number of halogens is 7. The van der Waals surface area contributed by atoms with Crippen LogP contribution in [0.25, 0.3) is 0 Å². The van der Waals surface area contributed by atoms with Crippen LogP contribution < -0.4 is 21.3 Å². The summed E-state index contributed by atoms with van der Waals surface area (Å²) in [5, 5.41) is 17.5. The number of carboxylic acids is 1. The summed E-state index contributed by atoms with van der Waals surface area (Å²) in [5.41, 5.74) is -0.569. The van der Waals surface area contributed by atoms with Gasteiger partial charge in [0.25, 0.3) is 5.91 Å². The van der Waals surface area contributed by atoms with E-state index in [0.29, 0.717) is 17.6 Å². The quantitative estimate of drug-likeness (QED) is 0.239. The number of pyridine rings is 1. The zero-order valence-corrected chi connectivity index (χ0v) is 20.5. The van der Waals surface area contributed by atoms with E-state index < -0.39 is 35.6 Å². The van der Waals surface area contributed by atoms with Gasteiger partial charge < -0.3 is 26.4 Å². The molecule has 0 bridgehead atoms. The highest BCUT2D eigenvalue weighted by atomic mass is 19.4. The molecule has 0 saturated heterocycles. The van der Waals surface area contributed by atoms with Crippen molar-refractivity contribution in [3.63, 3.8) is 0 Å². The fourth-order valence-electron chi connectivity index (χ4n) is 2.93. The Labute approximate surface area is 221 Å². The lowest BCUT2D eigenvalue weighted by Crippen LogP contribution is -2.21. The lowest BCUT2D eigenvalue weighted by molar-refractivity contribution is -0.192. The fourth-order valence-corrected chi connectivity index (χ4v) is 2.93. The molecule has 0 unspecified atom stereocenters. The van der Waals surface area contributed by atoms with E-state index in [9.17, 15) is 40.3 Å². The standard InChI is InChI=1S/C22H19F4N5O2.C2HF3O2/c1-12(32)29-14-4-6-15(7-5-14)30-20-10-19(17(11-28-20)22(24,25)26)31-18-8-3-13(23)9-16(18)21(33)27-2;3-2(4,5)1(6)7/h3-11H,1-2H3,(H,27,33)(H,29,32)(H2,28,30,31);(H,6,7). The van der Waals surface area contributed by atoms with Crippen molar-refractivity contribution in [3.05, 3.63) is 71.7 Å². The molecule has 0 radical (unpaired) electrons. The van der Waals surface area contributed by atoms with Crippen LogP contribution in [0.5, 0.6) is 0 Å². The number of hydrogen-bond acceptors (Lipinski definition) is 6. The third kappa shape index (κ3) is 9.14. The van der Waals surface area contributed by atoms with Gasteiger partial charge in [-0.2, -0.15) is 26.3 Å². The number of anilines is 5. The van der Waals surface area contributed by atoms with E-state index in [-0.39, 0.29) is 28.7 Å². The number of carboxylic acid groups (broad SMARTS) is 1. The van der Waals surface area contributed by atoms with E-state index in [2.05, 4.69) is 26.3 Å². The van der Waals surface area contributed by atoms with E-state index >= 15 is 0 Å². The van der Waals surface area contributed by atoms with Crippen LogP contribution in [0.3, 0.4) is 0 Å². The van der Waals surface area contributed by atoms with Gasteiger partial charge >= 0.3 is 18.3 Å². The Morgan fingerprint density at radius 1 is 0.850 bits per heavy atom. The molecule has 9 nitrogen and oxygen atoms in total. The zero-order valence-electron chi connectivity index (χ0n) is 20.5. The maximum absolute atomic E-state index is 13.6. The SMILES string of the molecule is CNC(=O)c1cc(F)ccc1Nc1cc(Nc2ccc(NC(C)=O)cc2)ncc1C(F)(F)F.O=C(O)C(F)(F)F. The highest BCUT2D eigenvalue weighted by Gasteiger charge is 2.38. The lowest BCUT2D eigenvalue weighted by Gasteiger charge is -2.18. The van der Waals surface area contributed by atoms with Gasteiger partial charge in [-0.15, -0.1) is 0 Å². The van der Waals surface area contributed by atoms with Crippen LogP contribution in [0.4, 0.5) is 59.3 Å². The summed E-state index contributed by atoms with van der Waals surface area (Å²) >= 11 is 0. The van der Waals surface area contributed by atoms with Gasteiger partial charge in [-0.3, -0.25) is 9.59 Å². The molecular weight excluding hydrogens is 555 g/mol. The van der Waals surface area contributed by atoms with Gasteiger partial charge in [0.15, 0.2) is 0 Å². The van der Waals surface area contributed by atoms with E-state index in [4.69, 9.17) is 9.90 Å². The monoisotopic (exact) mass is 575 g/mol. The van der Waals surface area contributed by atoms with Gasteiger partial charge in [0.1, 0.15) is 11.6 Å². The summed E-state index contributed by atoms with van der Waals surface area (Å²) in [6.45, 7) is 1.36. The van der Waals surface area contributed by atoms with Crippen molar-refractivity contribution >= 4 is 46.4 Å². The van der Waals surface area contributed by atoms with Crippen molar-refractivity contribution in [2.24, 2.45) is 0 Å². The number of carbonyl (C=O) groups excluding carboxylic acids is 2. The molecule has 2 amide bonds. The van der Waals surface area contributed by atoms with Crippen molar-refractivity contribution in [2.75, 3.05) is 23.0 Å². The Morgan fingerprint density at radius 2 is 1.43 bits per heavy atom. The van der Waals surface area contributed by atoms with Crippen LogP contribution in [-0.2, 0) is 15.8 Å². The number of nitrogens with one attached hydrogen (secondary N) is 4. The number of amides is 2. The van der Waals surface area contributed by atoms with E-state index in [0.717, 1.165) is 18.2 Å². The number of aliphatic carboxylic acids is 1. The number of alkyl halides is 6. The zero-order chi connectivity index (χ0) is 30.3. The largest absolute Gasteiger partial charge is 0.490 e. The van der Waals surface area contributed by atoms with Gasteiger partial charge in [0.05, 0.1) is 22.5 Å².